The molecular formula is C27H38N2O3S. The van der Waals surface area contributed by atoms with Gasteiger partial charge in [0.15, 0.2) is 0 Å². The van der Waals surface area contributed by atoms with Crippen LogP contribution in [0.5, 0.6) is 5.75 Å². The minimum Gasteiger partial charge on any atom is -0.497 e. The van der Waals surface area contributed by atoms with Crippen LogP contribution in [-0.4, -0.2) is 41.7 Å². The van der Waals surface area contributed by atoms with Gasteiger partial charge in [0.25, 0.3) is 0 Å². The lowest BCUT2D eigenvalue weighted by atomic mass is 10.1. The van der Waals surface area contributed by atoms with Gasteiger partial charge in [-0.2, -0.15) is 0 Å². The summed E-state index contributed by atoms with van der Waals surface area (Å²) in [5.41, 5.74) is 4.64. The Morgan fingerprint density at radius 2 is 1.64 bits per heavy atom. The zero-order chi connectivity index (χ0) is 24.4. The number of benzene rings is 2. The zero-order valence-corrected chi connectivity index (χ0v) is 21.6. The molecule has 2 amide bonds. The predicted octanol–water partition coefficient (Wildman–Crippen LogP) is 5.27. The summed E-state index contributed by atoms with van der Waals surface area (Å²) in [6.07, 6.45) is 1.41. The number of nitrogens with one attached hydrogen (secondary N) is 1. The number of ether oxygens (including phenoxy) is 1. The van der Waals surface area contributed by atoms with E-state index < -0.39 is 6.04 Å². The van der Waals surface area contributed by atoms with Crippen molar-refractivity contribution < 1.29 is 14.3 Å². The summed E-state index contributed by atoms with van der Waals surface area (Å²) in [5.74, 6) is 1.75. The number of amides is 2. The van der Waals surface area contributed by atoms with Crippen LogP contribution in [0.15, 0.2) is 42.5 Å². The van der Waals surface area contributed by atoms with Crippen LogP contribution in [0.2, 0.25) is 0 Å². The molecule has 33 heavy (non-hydrogen) atoms. The number of methoxy groups -OCH3 is 1. The Bertz CT molecular complexity index is 894. The van der Waals surface area contributed by atoms with Crippen molar-refractivity contribution in [1.82, 2.24) is 10.2 Å². The smallest absolute Gasteiger partial charge is 0.243 e. The van der Waals surface area contributed by atoms with Gasteiger partial charge >= 0.3 is 0 Å². The number of carbonyl (C=O) groups is 2. The van der Waals surface area contributed by atoms with Gasteiger partial charge in [0, 0.05) is 18.3 Å². The van der Waals surface area contributed by atoms with E-state index in [2.05, 4.69) is 37.4 Å². The molecule has 6 heteroatoms. The Hall–Kier alpha value is -2.47. The lowest BCUT2D eigenvalue weighted by Gasteiger charge is -2.31. The van der Waals surface area contributed by atoms with Gasteiger partial charge in [-0.05, 0) is 56.9 Å². The van der Waals surface area contributed by atoms with Crippen LogP contribution in [0.25, 0.3) is 0 Å². The van der Waals surface area contributed by atoms with E-state index in [0.29, 0.717) is 18.7 Å². The van der Waals surface area contributed by atoms with Gasteiger partial charge < -0.3 is 15.0 Å². The lowest BCUT2D eigenvalue weighted by Crippen LogP contribution is -2.51. The van der Waals surface area contributed by atoms with Crippen LogP contribution in [0.4, 0.5) is 0 Å². The number of hydrogen-bond donors (Lipinski definition) is 1. The molecule has 0 saturated heterocycles. The fourth-order valence-corrected chi connectivity index (χ4v) is 4.62. The molecule has 2 rings (SSSR count). The highest BCUT2D eigenvalue weighted by Gasteiger charge is 2.29. The van der Waals surface area contributed by atoms with E-state index in [4.69, 9.17) is 4.74 Å². The third kappa shape index (κ3) is 8.43. The fraction of sp³-hybridized carbons (Fsp3) is 0.481. The topological polar surface area (TPSA) is 58.6 Å². The minimum atomic E-state index is -0.504. The molecule has 0 aliphatic carbocycles. The first kappa shape index (κ1) is 26.8. The molecule has 5 nitrogen and oxygen atoms in total. The summed E-state index contributed by atoms with van der Waals surface area (Å²) in [6, 6.07) is 13.7. The lowest BCUT2D eigenvalue weighted by molar-refractivity contribution is -0.139. The SMILES string of the molecule is CC[C@H](C)NC(=O)[C@H](CC)N(Cc1ccc(OC)cc1)C(=O)CSCc1cc(C)cc(C)c1. The molecule has 0 aliphatic rings. The second-order valence-corrected chi connectivity index (χ2v) is 9.59. The van der Waals surface area contributed by atoms with Crippen LogP contribution in [-0.2, 0) is 21.9 Å². The van der Waals surface area contributed by atoms with Crippen molar-refractivity contribution in [2.75, 3.05) is 12.9 Å². The maximum absolute atomic E-state index is 13.4. The van der Waals surface area contributed by atoms with Crippen molar-refractivity contribution in [3.05, 3.63) is 64.7 Å². The second kappa shape index (κ2) is 13.3. The minimum absolute atomic E-state index is 0.0219. The molecule has 2 atom stereocenters. The predicted molar refractivity (Wildman–Crippen MR) is 138 cm³/mol. The van der Waals surface area contributed by atoms with Crippen LogP contribution in [0.3, 0.4) is 0 Å². The van der Waals surface area contributed by atoms with Gasteiger partial charge in [0.2, 0.25) is 11.8 Å². The molecule has 0 aromatic heterocycles. The molecule has 0 radical (unpaired) electrons. The maximum atomic E-state index is 13.4. The average Bonchev–Trinajstić information content (AvgIpc) is 2.78. The Morgan fingerprint density at radius 3 is 2.18 bits per heavy atom. The first-order valence-electron chi connectivity index (χ1n) is 11.6. The van der Waals surface area contributed by atoms with E-state index >= 15 is 0 Å². The number of carbonyl (C=O) groups excluding carboxylic acids is 2. The first-order valence-corrected chi connectivity index (χ1v) is 12.8. The molecule has 0 fully saturated rings. The normalized spacial score (nSPS) is 12.7. The molecule has 0 heterocycles. The van der Waals surface area contributed by atoms with Crippen molar-refractivity contribution in [2.24, 2.45) is 0 Å². The van der Waals surface area contributed by atoms with Crippen LogP contribution in [0, 0.1) is 13.8 Å². The molecule has 0 bridgehead atoms. The average molecular weight is 471 g/mol. The quantitative estimate of drug-likeness (QED) is 0.459. The first-order chi connectivity index (χ1) is 15.8. The van der Waals surface area contributed by atoms with E-state index in [9.17, 15) is 9.59 Å². The van der Waals surface area contributed by atoms with E-state index in [0.717, 1.165) is 23.5 Å². The summed E-state index contributed by atoms with van der Waals surface area (Å²) in [4.78, 5) is 28.1. The summed E-state index contributed by atoms with van der Waals surface area (Å²) >= 11 is 1.59. The third-order valence-electron chi connectivity index (χ3n) is 5.67. The molecule has 180 valence electrons. The number of hydrogen-bond acceptors (Lipinski definition) is 4. The highest BCUT2D eigenvalue weighted by Crippen LogP contribution is 2.20. The van der Waals surface area contributed by atoms with Crippen LogP contribution in [0.1, 0.15) is 55.9 Å². The Labute approximate surface area is 203 Å². The van der Waals surface area contributed by atoms with Gasteiger partial charge in [0.05, 0.1) is 12.9 Å². The maximum Gasteiger partial charge on any atom is 0.243 e. The summed E-state index contributed by atoms with van der Waals surface area (Å²) in [6.45, 7) is 10.5. The third-order valence-corrected chi connectivity index (χ3v) is 6.66. The Morgan fingerprint density at radius 1 is 1.00 bits per heavy atom. The summed E-state index contributed by atoms with van der Waals surface area (Å²) in [7, 11) is 1.63. The molecule has 0 unspecified atom stereocenters. The fourth-order valence-electron chi connectivity index (χ4n) is 3.78. The number of nitrogens with zero attached hydrogens (tertiary/aromatic N) is 1. The molecule has 0 saturated carbocycles. The molecule has 1 N–H and O–H groups in total. The molecule has 2 aromatic rings. The van der Waals surface area contributed by atoms with Crippen molar-refractivity contribution in [2.45, 2.75) is 71.8 Å². The van der Waals surface area contributed by atoms with Gasteiger partial charge in [-0.25, -0.2) is 0 Å². The Kier molecular flexibility index (Phi) is 10.8. The van der Waals surface area contributed by atoms with Gasteiger partial charge in [0.1, 0.15) is 11.8 Å². The largest absolute Gasteiger partial charge is 0.497 e. The second-order valence-electron chi connectivity index (χ2n) is 8.60. The van der Waals surface area contributed by atoms with Crippen molar-refractivity contribution in [3.8, 4) is 5.75 Å². The van der Waals surface area contributed by atoms with Crippen molar-refractivity contribution >= 4 is 23.6 Å². The summed E-state index contributed by atoms with van der Waals surface area (Å²) < 4.78 is 5.25. The van der Waals surface area contributed by atoms with Gasteiger partial charge in [-0.1, -0.05) is 55.3 Å². The number of rotatable bonds is 12. The highest BCUT2D eigenvalue weighted by molar-refractivity contribution is 7.99. The number of thioether (sulfide) groups is 1. The van der Waals surface area contributed by atoms with Gasteiger partial charge in [-0.15, -0.1) is 11.8 Å². The molecule has 2 aromatic carbocycles. The molecular weight excluding hydrogens is 432 g/mol. The summed E-state index contributed by atoms with van der Waals surface area (Å²) in [5, 5.41) is 3.05. The van der Waals surface area contributed by atoms with Crippen LogP contribution < -0.4 is 10.1 Å². The molecule has 0 aliphatic heterocycles. The van der Waals surface area contributed by atoms with Crippen LogP contribution >= 0.6 is 11.8 Å². The van der Waals surface area contributed by atoms with E-state index in [1.54, 1.807) is 23.8 Å². The standard InChI is InChI=1S/C27H38N2O3S/c1-7-21(5)28-27(31)25(8-2)29(16-22-9-11-24(32-6)12-10-22)26(30)18-33-17-23-14-19(3)13-20(4)15-23/h9-15,21,25H,7-8,16-18H2,1-6H3,(H,28,31)/t21-,25-/m0/s1. The monoisotopic (exact) mass is 470 g/mol. The Balaban J connectivity index is 2.15. The van der Waals surface area contributed by atoms with Crippen molar-refractivity contribution in [3.63, 3.8) is 0 Å². The zero-order valence-electron chi connectivity index (χ0n) is 20.8. The number of aryl methyl sites for hydroxylation is 2. The van der Waals surface area contributed by atoms with Crippen molar-refractivity contribution in [1.29, 1.82) is 0 Å². The highest BCUT2D eigenvalue weighted by atomic mass is 32.2. The van der Waals surface area contributed by atoms with E-state index in [1.165, 1.54) is 16.7 Å². The van der Waals surface area contributed by atoms with Gasteiger partial charge in [-0.3, -0.25) is 9.59 Å². The van der Waals surface area contributed by atoms with E-state index in [-0.39, 0.29) is 17.9 Å². The van der Waals surface area contributed by atoms with E-state index in [1.807, 2.05) is 45.0 Å². The molecule has 0 spiro atoms.